The van der Waals surface area contributed by atoms with E-state index in [1.54, 1.807) is 7.11 Å². The molecule has 0 aromatic heterocycles. The molecule has 146 valence electrons. The first-order chi connectivity index (χ1) is 12.5. The Morgan fingerprint density at radius 1 is 1.15 bits per heavy atom. The number of methoxy groups -OCH3 is 1. The number of aliphatic hydroxyl groups is 2. The third-order valence-corrected chi connectivity index (χ3v) is 5.35. The number of rotatable bonds is 6. The molecule has 2 aliphatic heterocycles. The van der Waals surface area contributed by atoms with E-state index in [4.69, 9.17) is 9.47 Å². The van der Waals surface area contributed by atoms with Crippen LogP contribution in [0.15, 0.2) is 24.3 Å². The highest BCUT2D eigenvalue weighted by atomic mass is 16.5. The molecule has 2 saturated heterocycles. The molecule has 0 saturated carbocycles. The Bertz CT molecular complexity index is 578. The molecule has 0 aliphatic carbocycles. The van der Waals surface area contributed by atoms with Gasteiger partial charge in [0.1, 0.15) is 18.0 Å². The fourth-order valence-electron chi connectivity index (χ4n) is 4.09. The molecule has 4 atom stereocenters. The fraction of sp³-hybridized carbons (Fsp3) is 0.684. The average molecular weight is 365 g/mol. The van der Waals surface area contributed by atoms with Crippen LogP contribution in [-0.2, 0) is 4.74 Å². The minimum atomic E-state index is -0.664. The Hall–Kier alpha value is -1.38. The first kappa shape index (κ1) is 19.4. The summed E-state index contributed by atoms with van der Waals surface area (Å²) < 4.78 is 11.4. The number of nitrogens with zero attached hydrogens (tertiary/aromatic N) is 3. The maximum absolute atomic E-state index is 10.7. The third kappa shape index (κ3) is 3.97. The van der Waals surface area contributed by atoms with Crippen LogP contribution in [-0.4, -0.2) is 105 Å². The Balaban J connectivity index is 1.67. The summed E-state index contributed by atoms with van der Waals surface area (Å²) >= 11 is 0. The molecular formula is C19H31N3O4. The third-order valence-electron chi connectivity index (χ3n) is 5.35. The molecule has 2 aliphatic rings. The zero-order valence-electron chi connectivity index (χ0n) is 15.9. The molecule has 0 unspecified atom stereocenters. The summed E-state index contributed by atoms with van der Waals surface area (Å²) in [6.45, 7) is 3.98. The van der Waals surface area contributed by atoms with Crippen molar-refractivity contribution in [1.82, 2.24) is 9.80 Å². The van der Waals surface area contributed by atoms with Crippen LogP contribution in [0.1, 0.15) is 0 Å². The predicted octanol–water partition coefficient (Wildman–Crippen LogP) is -0.132. The van der Waals surface area contributed by atoms with E-state index >= 15 is 0 Å². The van der Waals surface area contributed by atoms with E-state index < -0.39 is 12.2 Å². The Labute approximate surface area is 155 Å². The normalized spacial score (nSPS) is 30.2. The van der Waals surface area contributed by atoms with Gasteiger partial charge in [0, 0.05) is 32.7 Å². The number of para-hydroxylation sites is 2. The van der Waals surface area contributed by atoms with Crippen molar-refractivity contribution in [3.63, 3.8) is 0 Å². The predicted molar refractivity (Wildman–Crippen MR) is 101 cm³/mol. The van der Waals surface area contributed by atoms with E-state index in [-0.39, 0.29) is 18.8 Å². The maximum atomic E-state index is 10.7. The summed E-state index contributed by atoms with van der Waals surface area (Å²) in [5, 5.41) is 20.2. The topological polar surface area (TPSA) is 68.6 Å². The number of piperazine rings is 1. The summed E-state index contributed by atoms with van der Waals surface area (Å²) in [4.78, 5) is 6.69. The van der Waals surface area contributed by atoms with Gasteiger partial charge >= 0.3 is 0 Å². The summed E-state index contributed by atoms with van der Waals surface area (Å²) in [5.74, 6) is 0.885. The van der Waals surface area contributed by atoms with Crippen LogP contribution in [0, 0.1) is 0 Å². The van der Waals surface area contributed by atoms with Crippen LogP contribution >= 0.6 is 0 Å². The Morgan fingerprint density at radius 2 is 1.85 bits per heavy atom. The van der Waals surface area contributed by atoms with Gasteiger partial charge in [-0.25, -0.2) is 0 Å². The molecule has 3 rings (SSSR count). The van der Waals surface area contributed by atoms with E-state index in [1.807, 2.05) is 32.3 Å². The second-order valence-electron chi connectivity index (χ2n) is 7.33. The summed E-state index contributed by atoms with van der Waals surface area (Å²) in [6, 6.07) is 7.98. The monoisotopic (exact) mass is 365 g/mol. The zero-order valence-corrected chi connectivity index (χ0v) is 15.9. The zero-order chi connectivity index (χ0) is 18.7. The van der Waals surface area contributed by atoms with Crippen LogP contribution in [0.25, 0.3) is 0 Å². The molecule has 2 heterocycles. The average Bonchev–Trinajstić information content (AvgIpc) is 2.96. The van der Waals surface area contributed by atoms with E-state index in [0.29, 0.717) is 0 Å². The first-order valence-electron chi connectivity index (χ1n) is 9.26. The molecule has 2 N–H and O–H groups in total. The van der Waals surface area contributed by atoms with Gasteiger partial charge in [-0.3, -0.25) is 4.90 Å². The largest absolute Gasteiger partial charge is 0.495 e. The van der Waals surface area contributed by atoms with Crippen LogP contribution in [0.4, 0.5) is 5.69 Å². The molecule has 26 heavy (non-hydrogen) atoms. The van der Waals surface area contributed by atoms with Crippen molar-refractivity contribution in [2.24, 2.45) is 0 Å². The van der Waals surface area contributed by atoms with Crippen LogP contribution < -0.4 is 9.64 Å². The van der Waals surface area contributed by atoms with Crippen molar-refractivity contribution in [2.75, 3.05) is 65.4 Å². The molecule has 7 heteroatoms. The van der Waals surface area contributed by atoms with E-state index in [0.717, 1.165) is 44.2 Å². The van der Waals surface area contributed by atoms with Gasteiger partial charge in [-0.1, -0.05) is 12.1 Å². The van der Waals surface area contributed by atoms with Gasteiger partial charge in [-0.2, -0.15) is 0 Å². The van der Waals surface area contributed by atoms with Gasteiger partial charge in [-0.05, 0) is 26.2 Å². The highest BCUT2D eigenvalue weighted by Gasteiger charge is 2.46. The van der Waals surface area contributed by atoms with Crippen molar-refractivity contribution in [1.29, 1.82) is 0 Å². The maximum Gasteiger partial charge on any atom is 0.142 e. The molecule has 0 amide bonds. The van der Waals surface area contributed by atoms with E-state index in [1.165, 1.54) is 0 Å². The number of hydrogen-bond acceptors (Lipinski definition) is 7. The molecule has 0 radical (unpaired) electrons. The standard InChI is InChI=1S/C19H31N3O4/c1-20(2)12-16-18(19(24)17(13-23)26-16)22-10-8-21(9-11-22)14-6-4-5-7-15(14)25-3/h4-7,16-19,23-24H,8-13H2,1-3H3/t16-,17+,18+,19-/m1/s1. The lowest BCUT2D eigenvalue weighted by atomic mass is 10.0. The summed E-state index contributed by atoms with van der Waals surface area (Å²) in [6.07, 6.45) is -1.27. The molecule has 7 nitrogen and oxygen atoms in total. The SMILES string of the molecule is COc1ccccc1N1CCN([C@@H]2[C@H](O)[C@H](CO)O[C@@H]2CN(C)C)CC1. The first-order valence-corrected chi connectivity index (χ1v) is 9.26. The second kappa shape index (κ2) is 8.54. The minimum absolute atomic E-state index is 0.0885. The van der Waals surface area contributed by atoms with Crippen molar-refractivity contribution < 1.29 is 19.7 Å². The fourth-order valence-corrected chi connectivity index (χ4v) is 4.09. The molecule has 2 fully saturated rings. The lowest BCUT2D eigenvalue weighted by Gasteiger charge is -2.41. The summed E-state index contributed by atoms with van der Waals surface area (Å²) in [5.41, 5.74) is 1.11. The molecule has 1 aromatic carbocycles. The number of anilines is 1. The van der Waals surface area contributed by atoms with Gasteiger partial charge in [0.15, 0.2) is 0 Å². The molecule has 1 aromatic rings. The lowest BCUT2D eigenvalue weighted by Crippen LogP contribution is -2.57. The highest BCUT2D eigenvalue weighted by Crippen LogP contribution is 2.31. The van der Waals surface area contributed by atoms with Gasteiger partial charge in [0.05, 0.1) is 31.5 Å². The Kier molecular flexibility index (Phi) is 6.37. The second-order valence-corrected chi connectivity index (χ2v) is 7.33. The quantitative estimate of drug-likeness (QED) is 0.728. The van der Waals surface area contributed by atoms with Crippen molar-refractivity contribution in [2.45, 2.75) is 24.4 Å². The van der Waals surface area contributed by atoms with Gasteiger partial charge in [0.2, 0.25) is 0 Å². The van der Waals surface area contributed by atoms with Gasteiger partial charge < -0.3 is 29.5 Å². The van der Waals surface area contributed by atoms with Crippen LogP contribution in [0.3, 0.4) is 0 Å². The van der Waals surface area contributed by atoms with E-state index in [9.17, 15) is 10.2 Å². The van der Waals surface area contributed by atoms with Gasteiger partial charge in [0.25, 0.3) is 0 Å². The minimum Gasteiger partial charge on any atom is -0.495 e. The number of aliphatic hydroxyl groups excluding tert-OH is 2. The molecular weight excluding hydrogens is 334 g/mol. The summed E-state index contributed by atoms with van der Waals surface area (Å²) in [7, 11) is 5.69. The van der Waals surface area contributed by atoms with Gasteiger partial charge in [-0.15, -0.1) is 0 Å². The van der Waals surface area contributed by atoms with Crippen LogP contribution in [0.5, 0.6) is 5.75 Å². The number of likely N-dealkylation sites (N-methyl/N-ethyl adjacent to an activating group) is 1. The Morgan fingerprint density at radius 3 is 2.46 bits per heavy atom. The number of hydrogen-bond donors (Lipinski definition) is 2. The van der Waals surface area contributed by atoms with Crippen molar-refractivity contribution in [3.05, 3.63) is 24.3 Å². The van der Waals surface area contributed by atoms with Crippen molar-refractivity contribution >= 4 is 5.69 Å². The number of ether oxygens (including phenoxy) is 2. The smallest absolute Gasteiger partial charge is 0.142 e. The molecule has 0 bridgehead atoms. The van der Waals surface area contributed by atoms with Crippen molar-refractivity contribution in [3.8, 4) is 5.75 Å². The van der Waals surface area contributed by atoms with E-state index in [2.05, 4.69) is 20.8 Å². The number of benzene rings is 1. The van der Waals surface area contributed by atoms with Crippen LogP contribution in [0.2, 0.25) is 0 Å². The molecule has 0 spiro atoms. The lowest BCUT2D eigenvalue weighted by molar-refractivity contribution is -0.0274. The highest BCUT2D eigenvalue weighted by molar-refractivity contribution is 5.58.